The van der Waals surface area contributed by atoms with E-state index in [9.17, 15) is 0 Å². The van der Waals surface area contributed by atoms with Crippen molar-refractivity contribution in [2.45, 2.75) is 57.7 Å². The van der Waals surface area contributed by atoms with E-state index in [2.05, 4.69) is 42.3 Å². The fraction of sp³-hybridized carbons (Fsp3) is 0.387. The van der Waals surface area contributed by atoms with Crippen LogP contribution in [-0.4, -0.2) is 31.5 Å². The average molecular weight is 501 g/mol. The first-order valence-corrected chi connectivity index (χ1v) is 13.3. The number of unbranched alkanes of at least 4 members (excludes halogenated alkanes) is 4. The molecule has 37 heavy (non-hydrogen) atoms. The van der Waals surface area contributed by atoms with Crippen LogP contribution in [0, 0.1) is 0 Å². The van der Waals surface area contributed by atoms with Gasteiger partial charge in [0.05, 0.1) is 32.6 Å². The van der Waals surface area contributed by atoms with E-state index in [0.29, 0.717) is 0 Å². The van der Waals surface area contributed by atoms with Gasteiger partial charge < -0.3 is 18.9 Å². The zero-order valence-corrected chi connectivity index (χ0v) is 22.0. The van der Waals surface area contributed by atoms with Crippen LogP contribution in [0.2, 0.25) is 0 Å². The number of rotatable bonds is 11. The predicted molar refractivity (Wildman–Crippen MR) is 146 cm³/mol. The van der Waals surface area contributed by atoms with Gasteiger partial charge in [0.15, 0.2) is 0 Å². The van der Waals surface area contributed by atoms with Gasteiger partial charge in [-0.1, -0.05) is 32.6 Å². The zero-order chi connectivity index (χ0) is 25.6. The van der Waals surface area contributed by atoms with Gasteiger partial charge in [0.2, 0.25) is 6.23 Å². The Morgan fingerprint density at radius 2 is 1.54 bits per heavy atom. The summed E-state index contributed by atoms with van der Waals surface area (Å²) in [6, 6.07) is 22.4. The van der Waals surface area contributed by atoms with Gasteiger partial charge in [-0.25, -0.2) is 5.01 Å². The summed E-state index contributed by atoms with van der Waals surface area (Å²) >= 11 is 0. The van der Waals surface area contributed by atoms with Crippen molar-refractivity contribution in [1.29, 1.82) is 0 Å². The molecule has 2 aliphatic rings. The van der Waals surface area contributed by atoms with Gasteiger partial charge in [0.1, 0.15) is 23.0 Å². The number of hydrazone groups is 1. The quantitative estimate of drug-likeness (QED) is 0.259. The van der Waals surface area contributed by atoms with E-state index in [1.54, 1.807) is 14.2 Å². The van der Waals surface area contributed by atoms with E-state index in [-0.39, 0.29) is 12.3 Å². The maximum absolute atomic E-state index is 6.53. The molecule has 0 unspecified atom stereocenters. The Kier molecular flexibility index (Phi) is 7.83. The van der Waals surface area contributed by atoms with Gasteiger partial charge in [-0.2, -0.15) is 5.10 Å². The molecule has 0 radical (unpaired) electrons. The van der Waals surface area contributed by atoms with Crippen molar-refractivity contribution in [3.05, 3.63) is 83.4 Å². The van der Waals surface area contributed by atoms with E-state index in [1.165, 1.54) is 25.7 Å². The normalized spacial score (nSPS) is 17.9. The summed E-state index contributed by atoms with van der Waals surface area (Å²) in [6.07, 6.45) is 6.60. The first-order chi connectivity index (χ1) is 18.2. The highest BCUT2D eigenvalue weighted by Crippen LogP contribution is 2.48. The molecule has 0 fully saturated rings. The van der Waals surface area contributed by atoms with Crippen LogP contribution >= 0.6 is 0 Å². The molecule has 0 spiro atoms. The van der Waals surface area contributed by atoms with Crippen molar-refractivity contribution in [3.8, 4) is 23.0 Å². The molecule has 0 aromatic heterocycles. The van der Waals surface area contributed by atoms with Crippen molar-refractivity contribution in [2.75, 3.05) is 20.8 Å². The summed E-state index contributed by atoms with van der Waals surface area (Å²) in [5.74, 6) is 3.40. The van der Waals surface area contributed by atoms with Gasteiger partial charge in [-0.3, -0.25) is 0 Å². The number of hydrogen-bond donors (Lipinski definition) is 0. The van der Waals surface area contributed by atoms with Crippen molar-refractivity contribution in [3.63, 3.8) is 0 Å². The second kappa shape index (κ2) is 11.6. The number of hydrogen-bond acceptors (Lipinski definition) is 6. The molecule has 0 saturated carbocycles. The Labute approximate surface area is 219 Å². The molecule has 3 aromatic carbocycles. The minimum Gasteiger partial charge on any atom is -0.497 e. The number of benzene rings is 3. The van der Waals surface area contributed by atoms with Crippen LogP contribution in [0.25, 0.3) is 0 Å². The first-order valence-electron chi connectivity index (χ1n) is 13.3. The summed E-state index contributed by atoms with van der Waals surface area (Å²) in [7, 11) is 3.37. The zero-order valence-electron chi connectivity index (χ0n) is 22.0. The molecule has 2 heterocycles. The van der Waals surface area contributed by atoms with Gasteiger partial charge in [0, 0.05) is 17.5 Å². The molecule has 0 amide bonds. The van der Waals surface area contributed by atoms with E-state index in [0.717, 1.165) is 64.8 Å². The number of methoxy groups -OCH3 is 2. The lowest BCUT2D eigenvalue weighted by Crippen LogP contribution is -2.33. The molecule has 0 saturated heterocycles. The molecule has 0 N–H and O–H groups in total. The van der Waals surface area contributed by atoms with Crippen molar-refractivity contribution >= 4 is 5.71 Å². The summed E-state index contributed by atoms with van der Waals surface area (Å²) in [5.41, 5.74) is 4.24. The lowest BCUT2D eigenvalue weighted by atomic mass is 9.95. The summed E-state index contributed by atoms with van der Waals surface area (Å²) in [4.78, 5) is 0. The third-order valence-corrected chi connectivity index (χ3v) is 7.10. The van der Waals surface area contributed by atoms with Crippen LogP contribution < -0.4 is 18.9 Å². The number of ether oxygens (including phenoxy) is 4. The van der Waals surface area contributed by atoms with Crippen LogP contribution in [0.15, 0.2) is 71.8 Å². The molecule has 2 aliphatic heterocycles. The maximum atomic E-state index is 6.53. The van der Waals surface area contributed by atoms with Crippen molar-refractivity contribution in [1.82, 2.24) is 5.01 Å². The summed E-state index contributed by atoms with van der Waals surface area (Å²) < 4.78 is 23.4. The molecule has 5 rings (SSSR count). The first kappa shape index (κ1) is 25.0. The van der Waals surface area contributed by atoms with Crippen LogP contribution in [0.5, 0.6) is 23.0 Å². The fourth-order valence-electron chi connectivity index (χ4n) is 4.99. The molecular weight excluding hydrogens is 464 g/mol. The molecule has 0 aliphatic carbocycles. The number of nitrogens with zero attached hydrogens (tertiary/aromatic N) is 2. The summed E-state index contributed by atoms with van der Waals surface area (Å²) in [5, 5.41) is 7.16. The standard InChI is InChI=1S/C31H36N2O4/c1-4-5-6-7-8-19-36-25-15-11-23(12-16-25)31-33-29(27-20-26(35-3)17-18-30(27)37-31)21-28(32-33)22-9-13-24(34-2)14-10-22/h9-18,20,29,31H,4-8,19,21H2,1-3H3/t29-,31+/m0/s1. The van der Waals surface area contributed by atoms with Gasteiger partial charge in [-0.15, -0.1) is 0 Å². The lowest BCUT2D eigenvalue weighted by molar-refractivity contribution is -0.0191. The van der Waals surface area contributed by atoms with Gasteiger partial charge in [-0.05, 0) is 78.7 Å². The minimum atomic E-state index is -0.329. The largest absolute Gasteiger partial charge is 0.497 e. The Bertz CT molecular complexity index is 1210. The second-order valence-corrected chi connectivity index (χ2v) is 9.58. The minimum absolute atomic E-state index is 0.0556. The van der Waals surface area contributed by atoms with Crippen LogP contribution in [0.1, 0.15) is 74.4 Å². The van der Waals surface area contributed by atoms with E-state index < -0.39 is 0 Å². The Balaban J connectivity index is 1.37. The van der Waals surface area contributed by atoms with E-state index in [1.807, 2.05) is 36.4 Å². The average Bonchev–Trinajstić information content (AvgIpc) is 3.40. The Morgan fingerprint density at radius 3 is 2.27 bits per heavy atom. The van der Waals surface area contributed by atoms with Crippen molar-refractivity contribution in [2.24, 2.45) is 5.10 Å². The van der Waals surface area contributed by atoms with E-state index in [4.69, 9.17) is 24.0 Å². The Morgan fingerprint density at radius 1 is 0.838 bits per heavy atom. The van der Waals surface area contributed by atoms with Crippen molar-refractivity contribution < 1.29 is 18.9 Å². The SMILES string of the molecule is CCCCCCCOc1ccc([C@H]2Oc3ccc(OC)cc3[C@@H]3CC(c4ccc(OC)cc4)=NN23)cc1. The fourth-order valence-corrected chi connectivity index (χ4v) is 4.99. The Hall–Kier alpha value is -3.67. The summed E-state index contributed by atoms with van der Waals surface area (Å²) in [6.45, 7) is 2.99. The molecule has 6 heteroatoms. The molecule has 3 aromatic rings. The monoisotopic (exact) mass is 500 g/mol. The van der Waals surface area contributed by atoms with Crippen LogP contribution in [0.4, 0.5) is 0 Å². The van der Waals surface area contributed by atoms with Gasteiger partial charge >= 0.3 is 0 Å². The molecule has 6 nitrogen and oxygen atoms in total. The van der Waals surface area contributed by atoms with Crippen LogP contribution in [0.3, 0.4) is 0 Å². The molecular formula is C31H36N2O4. The predicted octanol–water partition coefficient (Wildman–Crippen LogP) is 7.30. The third kappa shape index (κ3) is 5.53. The highest BCUT2D eigenvalue weighted by atomic mass is 16.5. The topological polar surface area (TPSA) is 52.5 Å². The lowest BCUT2D eigenvalue weighted by Gasteiger charge is -2.38. The highest BCUT2D eigenvalue weighted by molar-refractivity contribution is 6.02. The smallest absolute Gasteiger partial charge is 0.213 e. The second-order valence-electron chi connectivity index (χ2n) is 9.58. The molecule has 0 bridgehead atoms. The number of fused-ring (bicyclic) bond motifs is 3. The molecule has 2 atom stereocenters. The third-order valence-electron chi connectivity index (χ3n) is 7.10. The highest BCUT2D eigenvalue weighted by Gasteiger charge is 2.41. The molecule has 194 valence electrons. The van der Waals surface area contributed by atoms with Gasteiger partial charge in [0.25, 0.3) is 0 Å². The maximum Gasteiger partial charge on any atom is 0.213 e. The van der Waals surface area contributed by atoms with E-state index >= 15 is 0 Å². The van der Waals surface area contributed by atoms with Crippen LogP contribution in [-0.2, 0) is 0 Å².